The van der Waals surface area contributed by atoms with Crippen molar-refractivity contribution in [2.45, 2.75) is 38.0 Å². The van der Waals surface area contributed by atoms with Crippen LogP contribution in [-0.4, -0.2) is 38.7 Å². The van der Waals surface area contributed by atoms with Crippen molar-refractivity contribution in [3.05, 3.63) is 47.5 Å². The second-order valence-electron chi connectivity index (χ2n) is 7.26. The largest absolute Gasteiger partial charge is 0.342 e. The summed E-state index contributed by atoms with van der Waals surface area (Å²) in [5.74, 6) is 2.43. The van der Waals surface area contributed by atoms with E-state index in [9.17, 15) is 4.79 Å². The Labute approximate surface area is 142 Å². The van der Waals surface area contributed by atoms with Gasteiger partial charge in [0.05, 0.1) is 0 Å². The number of amides is 1. The van der Waals surface area contributed by atoms with Crippen LogP contribution in [0.3, 0.4) is 0 Å². The molecule has 5 heteroatoms. The van der Waals surface area contributed by atoms with Crippen LogP contribution in [0.25, 0.3) is 0 Å². The van der Waals surface area contributed by atoms with Gasteiger partial charge in [0.15, 0.2) is 0 Å². The molecule has 4 rings (SSSR count). The molecule has 1 amide bonds. The van der Waals surface area contributed by atoms with E-state index in [1.165, 1.54) is 11.1 Å². The molecule has 2 heterocycles. The summed E-state index contributed by atoms with van der Waals surface area (Å²) >= 11 is 0. The van der Waals surface area contributed by atoms with Gasteiger partial charge in [-0.25, -0.2) is 0 Å². The molecule has 0 unspecified atom stereocenters. The predicted octanol–water partition coefficient (Wildman–Crippen LogP) is 2.63. The quantitative estimate of drug-likeness (QED) is 0.872. The lowest BCUT2D eigenvalue weighted by Gasteiger charge is -2.31. The number of hydrogen-bond donors (Lipinski definition) is 0. The lowest BCUT2D eigenvalue weighted by atomic mass is 9.95. The Morgan fingerprint density at radius 1 is 1.25 bits per heavy atom. The third-order valence-corrected chi connectivity index (χ3v) is 5.50. The Morgan fingerprint density at radius 3 is 2.71 bits per heavy atom. The molecule has 0 bridgehead atoms. The Morgan fingerprint density at radius 2 is 2.04 bits per heavy atom. The highest BCUT2D eigenvalue weighted by Crippen LogP contribution is 2.49. The van der Waals surface area contributed by atoms with Crippen LogP contribution in [-0.2, 0) is 11.8 Å². The fourth-order valence-electron chi connectivity index (χ4n) is 3.99. The average molecular weight is 324 g/mol. The molecule has 1 aliphatic carbocycles. The van der Waals surface area contributed by atoms with Gasteiger partial charge in [-0.1, -0.05) is 29.8 Å². The summed E-state index contributed by atoms with van der Waals surface area (Å²) in [7, 11) is 1.99. The lowest BCUT2D eigenvalue weighted by Crippen LogP contribution is -2.39. The molecule has 126 valence electrons. The minimum atomic E-state index is 0.193. The highest BCUT2D eigenvalue weighted by Gasteiger charge is 2.46. The monoisotopic (exact) mass is 324 g/mol. The maximum atomic E-state index is 12.8. The van der Waals surface area contributed by atoms with Gasteiger partial charge in [0, 0.05) is 32.0 Å². The van der Waals surface area contributed by atoms with Crippen LogP contribution in [0.5, 0.6) is 0 Å². The minimum absolute atomic E-state index is 0.193. The molecule has 1 aromatic heterocycles. The van der Waals surface area contributed by atoms with Crippen LogP contribution >= 0.6 is 0 Å². The molecule has 1 aromatic carbocycles. The van der Waals surface area contributed by atoms with Gasteiger partial charge in [0.2, 0.25) is 5.91 Å². The van der Waals surface area contributed by atoms with Gasteiger partial charge < -0.3 is 9.47 Å². The van der Waals surface area contributed by atoms with Crippen molar-refractivity contribution in [3.8, 4) is 0 Å². The van der Waals surface area contributed by atoms with Crippen LogP contribution in [0.1, 0.15) is 48.0 Å². The number of hydrogen-bond acceptors (Lipinski definition) is 3. The van der Waals surface area contributed by atoms with Crippen molar-refractivity contribution in [3.63, 3.8) is 0 Å². The van der Waals surface area contributed by atoms with E-state index in [0.29, 0.717) is 17.7 Å². The Hall–Kier alpha value is -2.17. The van der Waals surface area contributed by atoms with Crippen molar-refractivity contribution in [1.29, 1.82) is 0 Å². The summed E-state index contributed by atoms with van der Waals surface area (Å²) < 4.78 is 2.00. The van der Waals surface area contributed by atoms with Crippen LogP contribution in [0.15, 0.2) is 30.6 Å². The molecule has 0 spiro atoms. The van der Waals surface area contributed by atoms with Crippen molar-refractivity contribution in [2.24, 2.45) is 13.0 Å². The summed E-state index contributed by atoms with van der Waals surface area (Å²) in [5.41, 5.74) is 2.59. The van der Waals surface area contributed by atoms with Crippen molar-refractivity contribution in [1.82, 2.24) is 19.7 Å². The van der Waals surface area contributed by atoms with Gasteiger partial charge in [-0.15, -0.1) is 10.2 Å². The maximum Gasteiger partial charge on any atom is 0.226 e. The van der Waals surface area contributed by atoms with Crippen molar-refractivity contribution >= 4 is 5.91 Å². The zero-order valence-electron chi connectivity index (χ0n) is 14.4. The van der Waals surface area contributed by atoms with Crippen molar-refractivity contribution < 1.29 is 4.79 Å². The maximum absolute atomic E-state index is 12.8. The zero-order chi connectivity index (χ0) is 16.7. The molecule has 2 aliphatic rings. The van der Waals surface area contributed by atoms with Crippen LogP contribution in [0.2, 0.25) is 0 Å². The number of carbonyl (C=O) groups excluding carboxylic acids is 1. The number of aryl methyl sites for hydroxylation is 2. The Kier molecular flexibility index (Phi) is 3.87. The van der Waals surface area contributed by atoms with E-state index in [2.05, 4.69) is 46.3 Å². The highest BCUT2D eigenvalue weighted by atomic mass is 16.2. The van der Waals surface area contributed by atoms with Crippen molar-refractivity contribution in [2.75, 3.05) is 13.1 Å². The topological polar surface area (TPSA) is 51.0 Å². The van der Waals surface area contributed by atoms with E-state index in [0.717, 1.165) is 38.2 Å². The van der Waals surface area contributed by atoms with Gasteiger partial charge in [-0.05, 0) is 37.7 Å². The minimum Gasteiger partial charge on any atom is -0.342 e. The average Bonchev–Trinajstić information content (AvgIpc) is 3.29. The van der Waals surface area contributed by atoms with E-state index in [1.54, 1.807) is 6.33 Å². The SMILES string of the molecule is Cc1cccc([C@H]2C[C@@H]2C(=O)N2CCC(c3nncn3C)CC2)c1. The van der Waals surface area contributed by atoms with E-state index in [1.807, 2.05) is 11.6 Å². The first kappa shape index (κ1) is 15.4. The van der Waals surface area contributed by atoms with E-state index in [4.69, 9.17) is 0 Å². The number of piperidine rings is 1. The van der Waals surface area contributed by atoms with Gasteiger partial charge in [-0.3, -0.25) is 4.79 Å². The summed E-state index contributed by atoms with van der Waals surface area (Å²) in [5, 5.41) is 8.20. The summed E-state index contributed by atoms with van der Waals surface area (Å²) in [6.45, 7) is 3.79. The lowest BCUT2D eigenvalue weighted by molar-refractivity contribution is -0.133. The number of nitrogens with zero attached hydrogens (tertiary/aromatic N) is 4. The van der Waals surface area contributed by atoms with Gasteiger partial charge >= 0.3 is 0 Å². The fourth-order valence-corrected chi connectivity index (χ4v) is 3.99. The first-order chi connectivity index (χ1) is 11.6. The Balaban J connectivity index is 1.35. The van der Waals surface area contributed by atoms with Gasteiger partial charge in [0.25, 0.3) is 0 Å². The van der Waals surface area contributed by atoms with Crippen LogP contribution in [0, 0.1) is 12.8 Å². The second-order valence-corrected chi connectivity index (χ2v) is 7.26. The van der Waals surface area contributed by atoms with Gasteiger partial charge in [0.1, 0.15) is 12.2 Å². The number of likely N-dealkylation sites (tertiary alicyclic amines) is 1. The predicted molar refractivity (Wildman–Crippen MR) is 91.6 cm³/mol. The Bertz CT molecular complexity index is 745. The van der Waals surface area contributed by atoms with Crippen LogP contribution < -0.4 is 0 Å². The molecule has 0 radical (unpaired) electrons. The molecule has 1 saturated heterocycles. The molecule has 1 aliphatic heterocycles. The second kappa shape index (κ2) is 6.04. The summed E-state index contributed by atoms with van der Waals surface area (Å²) in [6.07, 6.45) is 4.73. The number of carbonyl (C=O) groups is 1. The molecule has 0 N–H and O–H groups in total. The smallest absolute Gasteiger partial charge is 0.226 e. The van der Waals surface area contributed by atoms with E-state index in [-0.39, 0.29) is 5.92 Å². The fraction of sp³-hybridized carbons (Fsp3) is 0.526. The summed E-state index contributed by atoms with van der Waals surface area (Å²) in [6, 6.07) is 8.58. The molecule has 24 heavy (non-hydrogen) atoms. The van der Waals surface area contributed by atoms with Crippen LogP contribution in [0.4, 0.5) is 0 Å². The third-order valence-electron chi connectivity index (χ3n) is 5.50. The summed E-state index contributed by atoms with van der Waals surface area (Å²) in [4.78, 5) is 14.8. The molecule has 2 aromatic rings. The number of benzene rings is 1. The number of aromatic nitrogens is 3. The zero-order valence-corrected chi connectivity index (χ0v) is 14.4. The van der Waals surface area contributed by atoms with E-state index < -0.39 is 0 Å². The third kappa shape index (κ3) is 2.83. The molecule has 2 atom stereocenters. The standard InChI is InChI=1S/C19H24N4O/c1-13-4-3-5-15(10-13)16-11-17(16)19(24)23-8-6-14(7-9-23)18-21-20-12-22(18)2/h3-5,10,12,14,16-17H,6-9,11H2,1-2H3/t16-,17+/m1/s1. The first-order valence-electron chi connectivity index (χ1n) is 8.82. The van der Waals surface area contributed by atoms with E-state index >= 15 is 0 Å². The molecular weight excluding hydrogens is 300 g/mol. The molecule has 1 saturated carbocycles. The molecular formula is C19H24N4O. The number of rotatable bonds is 3. The normalized spacial score (nSPS) is 24.2. The molecule has 5 nitrogen and oxygen atoms in total. The molecule has 2 fully saturated rings. The highest BCUT2D eigenvalue weighted by molar-refractivity contribution is 5.83. The van der Waals surface area contributed by atoms with Gasteiger partial charge in [-0.2, -0.15) is 0 Å². The first-order valence-corrected chi connectivity index (χ1v) is 8.82.